The quantitative estimate of drug-likeness (QED) is 0.699. The Morgan fingerprint density at radius 2 is 1.00 bits per heavy atom. The summed E-state index contributed by atoms with van der Waals surface area (Å²) in [5, 5.41) is -1.48. The van der Waals surface area contributed by atoms with Crippen LogP contribution in [0.2, 0.25) is 0 Å². The summed E-state index contributed by atoms with van der Waals surface area (Å²) < 4.78 is 72.8. The van der Waals surface area contributed by atoms with Crippen molar-refractivity contribution >= 4 is 10.8 Å². The van der Waals surface area contributed by atoms with Crippen LogP contribution in [0, 0.1) is 0 Å². The van der Waals surface area contributed by atoms with E-state index in [0.717, 1.165) is 24.3 Å². The molecular weight excluding hydrogens is 294 g/mol. The molecule has 1 aromatic heterocycles. The van der Waals surface area contributed by atoms with E-state index >= 15 is 0 Å². The van der Waals surface area contributed by atoms with Crippen LogP contribution in [0.3, 0.4) is 0 Å². The molecule has 0 spiro atoms. The van der Waals surface area contributed by atoms with Gasteiger partial charge in [-0.1, -0.05) is 12.1 Å². The standard InChI is InChI=1S/C10H4F6N2O2/c11-9(12,13)17-7(19)5-3-1-2-4-6(5)8(20)18(17)10(14,15)16/h1-4H. The SMILES string of the molecule is O=c1c2ccccc2c(=O)n(C(F)(F)F)n1C(F)(F)F. The Balaban J connectivity index is 3.15. The molecule has 0 amide bonds. The minimum atomic E-state index is -5.68. The minimum Gasteiger partial charge on any atom is -0.267 e. The number of fused-ring (bicyclic) bond motifs is 1. The maximum atomic E-state index is 12.7. The van der Waals surface area contributed by atoms with Crippen molar-refractivity contribution < 1.29 is 26.3 Å². The highest BCUT2D eigenvalue weighted by Gasteiger charge is 2.45. The van der Waals surface area contributed by atoms with Crippen LogP contribution in [0.1, 0.15) is 0 Å². The molecule has 0 aliphatic carbocycles. The second kappa shape index (κ2) is 4.12. The van der Waals surface area contributed by atoms with E-state index in [1.807, 2.05) is 0 Å². The van der Waals surface area contributed by atoms with Gasteiger partial charge in [-0.15, -0.1) is 35.7 Å². The number of hydrogen-bond donors (Lipinski definition) is 0. The van der Waals surface area contributed by atoms with E-state index in [2.05, 4.69) is 0 Å². The molecule has 108 valence electrons. The molecule has 20 heavy (non-hydrogen) atoms. The molecule has 0 unspecified atom stereocenters. The van der Waals surface area contributed by atoms with Gasteiger partial charge in [-0.2, -0.15) is 0 Å². The lowest BCUT2D eigenvalue weighted by molar-refractivity contribution is -0.277. The molecule has 2 rings (SSSR count). The largest absolute Gasteiger partial charge is 0.506 e. The van der Waals surface area contributed by atoms with Gasteiger partial charge >= 0.3 is 12.6 Å². The Hall–Kier alpha value is -2.26. The maximum Gasteiger partial charge on any atom is 0.506 e. The highest BCUT2D eigenvalue weighted by atomic mass is 19.4. The van der Waals surface area contributed by atoms with Crippen LogP contribution >= 0.6 is 0 Å². The Bertz CT molecular complexity index is 717. The summed E-state index contributed by atoms with van der Waals surface area (Å²) in [4.78, 5) is 23.2. The average molecular weight is 298 g/mol. The van der Waals surface area contributed by atoms with E-state index in [1.54, 1.807) is 0 Å². The number of hydrogen-bond acceptors (Lipinski definition) is 2. The summed E-state index contributed by atoms with van der Waals surface area (Å²) in [6.07, 6.45) is -11.4. The maximum absolute atomic E-state index is 12.7. The Morgan fingerprint density at radius 3 is 1.25 bits per heavy atom. The normalized spacial score (nSPS) is 12.9. The fourth-order valence-electron chi connectivity index (χ4n) is 1.72. The third-order valence-electron chi connectivity index (χ3n) is 2.45. The molecule has 10 heteroatoms. The Kier molecular flexibility index (Phi) is 2.91. The van der Waals surface area contributed by atoms with Crippen molar-refractivity contribution in [1.82, 2.24) is 9.36 Å². The van der Waals surface area contributed by atoms with E-state index in [4.69, 9.17) is 0 Å². The van der Waals surface area contributed by atoms with Gasteiger partial charge in [0.15, 0.2) is 0 Å². The molecule has 1 heterocycles. The zero-order chi connectivity index (χ0) is 15.3. The third-order valence-corrected chi connectivity index (χ3v) is 2.45. The first-order valence-electron chi connectivity index (χ1n) is 4.96. The second-order valence-electron chi connectivity index (χ2n) is 3.72. The summed E-state index contributed by atoms with van der Waals surface area (Å²) in [5.74, 6) is 0. The van der Waals surface area contributed by atoms with Gasteiger partial charge in [-0.3, -0.25) is 9.59 Å². The highest BCUT2D eigenvalue weighted by molar-refractivity contribution is 5.80. The Morgan fingerprint density at radius 1 is 0.700 bits per heavy atom. The molecule has 0 radical (unpaired) electrons. The fourth-order valence-corrected chi connectivity index (χ4v) is 1.72. The van der Waals surface area contributed by atoms with Crippen molar-refractivity contribution in [3.8, 4) is 0 Å². The van der Waals surface area contributed by atoms with E-state index in [-0.39, 0.29) is 0 Å². The van der Waals surface area contributed by atoms with E-state index in [9.17, 15) is 35.9 Å². The van der Waals surface area contributed by atoms with Gasteiger partial charge in [0, 0.05) is 0 Å². The minimum absolute atomic E-state index is 0.740. The predicted molar refractivity (Wildman–Crippen MR) is 55.1 cm³/mol. The molecule has 0 saturated carbocycles. The van der Waals surface area contributed by atoms with Gasteiger partial charge in [0.2, 0.25) is 0 Å². The van der Waals surface area contributed by atoms with Crippen LogP contribution in [0.5, 0.6) is 0 Å². The monoisotopic (exact) mass is 298 g/mol. The van der Waals surface area contributed by atoms with Crippen molar-refractivity contribution in [1.29, 1.82) is 0 Å². The first-order chi connectivity index (χ1) is 9.05. The van der Waals surface area contributed by atoms with Crippen molar-refractivity contribution in [3.63, 3.8) is 0 Å². The smallest absolute Gasteiger partial charge is 0.267 e. The lowest BCUT2D eigenvalue weighted by Crippen LogP contribution is -2.49. The number of benzene rings is 1. The van der Waals surface area contributed by atoms with E-state index in [0.29, 0.717) is 0 Å². The van der Waals surface area contributed by atoms with Crippen molar-refractivity contribution in [2.45, 2.75) is 12.6 Å². The van der Waals surface area contributed by atoms with Gasteiger partial charge in [-0.05, 0) is 12.1 Å². The molecule has 0 saturated heterocycles. The van der Waals surface area contributed by atoms with Gasteiger partial charge in [0.05, 0.1) is 10.8 Å². The van der Waals surface area contributed by atoms with E-state index < -0.39 is 43.9 Å². The average Bonchev–Trinajstić information content (AvgIpc) is 2.30. The number of alkyl halides is 6. The van der Waals surface area contributed by atoms with Crippen LogP contribution in [-0.2, 0) is 12.6 Å². The third kappa shape index (κ3) is 2.06. The summed E-state index contributed by atoms with van der Waals surface area (Å²) in [7, 11) is 0. The molecule has 0 N–H and O–H groups in total. The van der Waals surface area contributed by atoms with Crippen molar-refractivity contribution in [3.05, 3.63) is 45.0 Å². The molecule has 2 aromatic rings. The summed E-state index contributed by atoms with van der Waals surface area (Å²) >= 11 is 0. The van der Waals surface area contributed by atoms with Crippen LogP contribution in [-0.4, -0.2) is 9.36 Å². The molecule has 0 bridgehead atoms. The zero-order valence-corrected chi connectivity index (χ0v) is 9.29. The number of aromatic nitrogens is 2. The van der Waals surface area contributed by atoms with Gasteiger partial charge in [-0.25, -0.2) is 0 Å². The molecule has 1 aromatic carbocycles. The summed E-state index contributed by atoms with van der Waals surface area (Å²) in [5.41, 5.74) is -3.94. The lowest BCUT2D eigenvalue weighted by atomic mass is 10.2. The highest BCUT2D eigenvalue weighted by Crippen LogP contribution is 2.26. The van der Waals surface area contributed by atoms with Crippen LogP contribution in [0.25, 0.3) is 10.8 Å². The molecular formula is C10H4F6N2O2. The number of halogens is 6. The van der Waals surface area contributed by atoms with Crippen molar-refractivity contribution in [2.24, 2.45) is 0 Å². The zero-order valence-electron chi connectivity index (χ0n) is 9.29. The van der Waals surface area contributed by atoms with Gasteiger partial charge in [0.1, 0.15) is 0 Å². The molecule has 4 nitrogen and oxygen atoms in total. The second-order valence-corrected chi connectivity index (χ2v) is 3.72. The first kappa shape index (κ1) is 14.2. The van der Waals surface area contributed by atoms with Crippen LogP contribution < -0.4 is 11.1 Å². The summed E-state index contributed by atoms with van der Waals surface area (Å²) in [6.45, 7) is 0. The lowest BCUT2D eigenvalue weighted by Gasteiger charge is -2.19. The fraction of sp³-hybridized carbons (Fsp3) is 0.200. The van der Waals surface area contributed by atoms with Gasteiger partial charge in [0.25, 0.3) is 11.1 Å². The van der Waals surface area contributed by atoms with Crippen molar-refractivity contribution in [2.75, 3.05) is 0 Å². The topological polar surface area (TPSA) is 44.0 Å². The molecule has 0 fully saturated rings. The Labute approximate surface area is 105 Å². The predicted octanol–water partition coefficient (Wildman–Crippen LogP) is 2.12. The van der Waals surface area contributed by atoms with Crippen LogP contribution in [0.15, 0.2) is 33.9 Å². The van der Waals surface area contributed by atoms with Crippen LogP contribution in [0.4, 0.5) is 26.3 Å². The molecule has 0 aliphatic heterocycles. The van der Waals surface area contributed by atoms with E-state index in [1.165, 1.54) is 0 Å². The number of nitrogens with zero attached hydrogens (tertiary/aromatic N) is 2. The first-order valence-corrected chi connectivity index (χ1v) is 4.96. The summed E-state index contributed by atoms with van der Waals surface area (Å²) in [6, 6.07) is 3.98. The molecule has 0 aliphatic rings. The number of rotatable bonds is 0. The molecule has 0 atom stereocenters. The van der Waals surface area contributed by atoms with Gasteiger partial charge < -0.3 is 0 Å².